The third-order valence-electron chi connectivity index (χ3n) is 5.57. The van der Waals surface area contributed by atoms with E-state index >= 15 is 0 Å². The topological polar surface area (TPSA) is 44.7 Å². The zero-order valence-electron chi connectivity index (χ0n) is 14.8. The SMILES string of the molecule is CC1C=C(CN2CC3(CC(CNC(=O)c4cc(F)cc(Cl)c4)C3)C2)C=N1. The fourth-order valence-electron chi connectivity index (χ4n) is 4.57. The van der Waals surface area contributed by atoms with Gasteiger partial charge in [-0.1, -0.05) is 17.7 Å². The Labute approximate surface area is 158 Å². The number of aliphatic imine (C=N–C) groups is 1. The highest BCUT2D eigenvalue weighted by atomic mass is 35.5. The van der Waals surface area contributed by atoms with Crippen molar-refractivity contribution in [3.8, 4) is 0 Å². The molecule has 1 aromatic rings. The fourth-order valence-corrected chi connectivity index (χ4v) is 4.79. The van der Waals surface area contributed by atoms with E-state index in [1.165, 1.54) is 23.8 Å². The number of carbonyl (C=O) groups excluding carboxylic acids is 1. The molecule has 1 N–H and O–H groups in total. The minimum Gasteiger partial charge on any atom is -0.352 e. The first-order chi connectivity index (χ1) is 12.4. The molecule has 1 saturated carbocycles. The number of halogens is 2. The summed E-state index contributed by atoms with van der Waals surface area (Å²) in [6.45, 7) is 6.01. The van der Waals surface area contributed by atoms with Gasteiger partial charge in [-0.15, -0.1) is 0 Å². The van der Waals surface area contributed by atoms with E-state index in [4.69, 9.17) is 11.6 Å². The van der Waals surface area contributed by atoms with E-state index in [-0.39, 0.29) is 16.5 Å². The standard InChI is InChI=1S/C20H23ClFN3O/c1-13-2-14(8-23-13)10-25-11-20(12-25)6-15(7-20)9-24-19(26)16-3-17(21)5-18(22)4-16/h2-5,8,13,15H,6-7,9-12H2,1H3,(H,24,26). The van der Waals surface area contributed by atoms with E-state index in [9.17, 15) is 9.18 Å². The lowest BCUT2D eigenvalue weighted by Gasteiger charge is -2.59. The highest BCUT2D eigenvalue weighted by Crippen LogP contribution is 2.51. The summed E-state index contributed by atoms with van der Waals surface area (Å²) in [4.78, 5) is 19.0. The van der Waals surface area contributed by atoms with Crippen molar-refractivity contribution < 1.29 is 9.18 Å². The smallest absolute Gasteiger partial charge is 0.251 e. The molecule has 0 radical (unpaired) electrons. The van der Waals surface area contributed by atoms with Gasteiger partial charge in [0.2, 0.25) is 0 Å². The summed E-state index contributed by atoms with van der Waals surface area (Å²) in [5.74, 6) is -0.238. The van der Waals surface area contributed by atoms with Crippen LogP contribution in [0.4, 0.5) is 4.39 Å². The third-order valence-corrected chi connectivity index (χ3v) is 5.79. The first-order valence-electron chi connectivity index (χ1n) is 9.11. The van der Waals surface area contributed by atoms with Crippen LogP contribution in [0.1, 0.15) is 30.1 Å². The van der Waals surface area contributed by atoms with Gasteiger partial charge in [0.15, 0.2) is 0 Å². The number of hydrogen-bond acceptors (Lipinski definition) is 3. The summed E-state index contributed by atoms with van der Waals surface area (Å²) in [5, 5.41) is 3.15. The predicted molar refractivity (Wildman–Crippen MR) is 101 cm³/mol. The Hall–Kier alpha value is -1.72. The van der Waals surface area contributed by atoms with Gasteiger partial charge in [-0.2, -0.15) is 0 Å². The molecule has 1 aliphatic carbocycles. The maximum Gasteiger partial charge on any atom is 0.251 e. The van der Waals surface area contributed by atoms with Gasteiger partial charge in [0, 0.05) is 43.0 Å². The Morgan fingerprint density at radius 2 is 2.15 bits per heavy atom. The Bertz CT molecular complexity index is 757. The molecule has 3 aliphatic rings. The van der Waals surface area contributed by atoms with Crippen molar-refractivity contribution in [3.63, 3.8) is 0 Å². The summed E-state index contributed by atoms with van der Waals surface area (Å²) in [7, 11) is 0. The van der Waals surface area contributed by atoms with Crippen molar-refractivity contribution in [1.82, 2.24) is 10.2 Å². The zero-order chi connectivity index (χ0) is 18.3. The number of likely N-dealkylation sites (tertiary alicyclic amines) is 1. The number of benzene rings is 1. The number of carbonyl (C=O) groups is 1. The average Bonchev–Trinajstić information content (AvgIpc) is 2.91. The quantitative estimate of drug-likeness (QED) is 0.858. The highest BCUT2D eigenvalue weighted by molar-refractivity contribution is 6.31. The van der Waals surface area contributed by atoms with Crippen LogP contribution >= 0.6 is 11.6 Å². The molecular weight excluding hydrogens is 353 g/mol. The number of rotatable bonds is 5. The first-order valence-corrected chi connectivity index (χ1v) is 9.49. The van der Waals surface area contributed by atoms with Gasteiger partial charge in [-0.25, -0.2) is 4.39 Å². The third kappa shape index (κ3) is 3.69. The maximum atomic E-state index is 13.3. The molecule has 6 heteroatoms. The Balaban J connectivity index is 1.19. The minimum atomic E-state index is -0.489. The van der Waals surface area contributed by atoms with Crippen molar-refractivity contribution >= 4 is 23.7 Å². The van der Waals surface area contributed by atoms with Crippen LogP contribution in [0.2, 0.25) is 5.02 Å². The molecule has 4 rings (SSSR count). The normalized spacial score (nSPS) is 24.3. The Morgan fingerprint density at radius 3 is 2.81 bits per heavy atom. The van der Waals surface area contributed by atoms with Crippen LogP contribution in [0.25, 0.3) is 0 Å². The average molecular weight is 376 g/mol. The number of hydrogen-bond donors (Lipinski definition) is 1. The second-order valence-corrected chi connectivity index (χ2v) is 8.48. The number of nitrogens with zero attached hydrogens (tertiary/aromatic N) is 2. The van der Waals surface area contributed by atoms with Crippen LogP contribution in [-0.4, -0.2) is 49.2 Å². The summed E-state index contributed by atoms with van der Waals surface area (Å²) >= 11 is 5.80. The summed E-state index contributed by atoms with van der Waals surface area (Å²) in [6, 6.07) is 4.23. The van der Waals surface area contributed by atoms with Gasteiger partial charge >= 0.3 is 0 Å². The van der Waals surface area contributed by atoms with Crippen LogP contribution in [0.3, 0.4) is 0 Å². The molecule has 1 saturated heterocycles. The maximum absolute atomic E-state index is 13.3. The van der Waals surface area contributed by atoms with E-state index in [1.807, 2.05) is 6.21 Å². The highest BCUT2D eigenvalue weighted by Gasteiger charge is 2.51. The molecule has 0 bridgehead atoms. The van der Waals surface area contributed by atoms with Crippen molar-refractivity contribution in [3.05, 3.63) is 46.3 Å². The first kappa shape index (κ1) is 17.7. The zero-order valence-corrected chi connectivity index (χ0v) is 15.6. The number of nitrogens with one attached hydrogen (secondary N) is 1. The Morgan fingerprint density at radius 1 is 1.38 bits per heavy atom. The largest absolute Gasteiger partial charge is 0.352 e. The van der Waals surface area contributed by atoms with Crippen molar-refractivity contribution in [2.24, 2.45) is 16.3 Å². The van der Waals surface area contributed by atoms with Gasteiger partial charge < -0.3 is 5.32 Å². The molecule has 1 spiro atoms. The van der Waals surface area contributed by atoms with E-state index in [0.717, 1.165) is 32.5 Å². The van der Waals surface area contributed by atoms with Crippen LogP contribution in [0.5, 0.6) is 0 Å². The molecule has 2 aliphatic heterocycles. The van der Waals surface area contributed by atoms with Gasteiger partial charge in [0.25, 0.3) is 5.91 Å². The molecule has 1 amide bonds. The van der Waals surface area contributed by atoms with Crippen LogP contribution in [0.15, 0.2) is 34.8 Å². The van der Waals surface area contributed by atoms with Crippen LogP contribution < -0.4 is 5.32 Å². The molecule has 26 heavy (non-hydrogen) atoms. The molecular formula is C20H23ClFN3O. The van der Waals surface area contributed by atoms with Gasteiger partial charge in [-0.3, -0.25) is 14.7 Å². The van der Waals surface area contributed by atoms with Crippen LogP contribution in [-0.2, 0) is 0 Å². The Kier molecular flexibility index (Phi) is 4.61. The molecule has 2 fully saturated rings. The number of amides is 1. The molecule has 2 heterocycles. The summed E-state index contributed by atoms with van der Waals surface area (Å²) in [6.07, 6.45) is 6.52. The van der Waals surface area contributed by atoms with E-state index in [1.54, 1.807) is 0 Å². The van der Waals surface area contributed by atoms with E-state index in [2.05, 4.69) is 28.2 Å². The van der Waals surface area contributed by atoms with Gasteiger partial charge in [-0.05, 0) is 54.9 Å². The molecule has 0 aromatic heterocycles. The molecule has 4 nitrogen and oxygen atoms in total. The van der Waals surface area contributed by atoms with Crippen molar-refractivity contribution in [1.29, 1.82) is 0 Å². The molecule has 138 valence electrons. The second kappa shape index (κ2) is 6.78. The van der Waals surface area contributed by atoms with E-state index in [0.29, 0.717) is 23.9 Å². The van der Waals surface area contributed by atoms with Crippen molar-refractivity contribution in [2.75, 3.05) is 26.2 Å². The molecule has 1 unspecified atom stereocenters. The predicted octanol–water partition coefficient (Wildman–Crippen LogP) is 3.32. The summed E-state index contributed by atoms with van der Waals surface area (Å²) < 4.78 is 13.3. The van der Waals surface area contributed by atoms with Crippen molar-refractivity contribution in [2.45, 2.75) is 25.8 Å². The lowest BCUT2D eigenvalue weighted by atomic mass is 9.57. The molecule has 1 atom stereocenters. The second-order valence-electron chi connectivity index (χ2n) is 8.05. The van der Waals surface area contributed by atoms with Gasteiger partial charge in [0.05, 0.1) is 6.04 Å². The van der Waals surface area contributed by atoms with Crippen LogP contribution in [0, 0.1) is 17.2 Å². The summed E-state index contributed by atoms with van der Waals surface area (Å²) in [5.41, 5.74) is 2.04. The van der Waals surface area contributed by atoms with Gasteiger partial charge in [0.1, 0.15) is 5.82 Å². The molecule has 1 aromatic carbocycles. The fraction of sp³-hybridized carbons (Fsp3) is 0.500. The van der Waals surface area contributed by atoms with E-state index < -0.39 is 5.82 Å². The monoisotopic (exact) mass is 375 g/mol. The minimum absolute atomic E-state index is 0.240. The lowest BCUT2D eigenvalue weighted by molar-refractivity contribution is -0.0877. The lowest BCUT2D eigenvalue weighted by Crippen LogP contribution is -2.63.